The average Bonchev–Trinajstić information content (AvgIpc) is 2.30. The van der Waals surface area contributed by atoms with Crippen LogP contribution in [-0.2, 0) is 10.1 Å². The third-order valence-corrected chi connectivity index (χ3v) is 3.75. The lowest BCUT2D eigenvalue weighted by atomic mass is 10.2. The highest BCUT2D eigenvalue weighted by Crippen LogP contribution is 2.37. The Morgan fingerprint density at radius 1 is 1.29 bits per heavy atom. The molecule has 118 valence electrons. The quantitative estimate of drug-likeness (QED) is 0.470. The molecule has 4 nitrogen and oxygen atoms in total. The normalized spacial score (nSPS) is 12.0. The smallest absolute Gasteiger partial charge is 0.495 e. The van der Waals surface area contributed by atoms with E-state index in [9.17, 15) is 21.6 Å². The highest BCUT2D eigenvalue weighted by atomic mass is 79.9. The summed E-state index contributed by atoms with van der Waals surface area (Å²) in [6.45, 7) is 0. The molecule has 0 N–H and O–H groups in total. The molecule has 0 aliphatic carbocycles. The van der Waals surface area contributed by atoms with E-state index in [1.165, 1.54) is 19.3 Å². The van der Waals surface area contributed by atoms with Gasteiger partial charge in [0.05, 0.1) is 15.5 Å². The fraction of sp³-hybridized carbons (Fsp3) is 0.200. The van der Waals surface area contributed by atoms with Gasteiger partial charge in [-0.05, 0) is 44.0 Å². The van der Waals surface area contributed by atoms with Gasteiger partial charge < -0.3 is 8.92 Å². The second-order valence-electron chi connectivity index (χ2n) is 3.44. The van der Waals surface area contributed by atoms with E-state index in [0.717, 1.165) is 6.07 Å². The molecule has 0 saturated carbocycles. The van der Waals surface area contributed by atoms with Gasteiger partial charge in [0.25, 0.3) is 0 Å². The van der Waals surface area contributed by atoms with Crippen LogP contribution in [0.15, 0.2) is 15.5 Å². The minimum atomic E-state index is -5.81. The first-order valence-electron chi connectivity index (χ1n) is 4.89. The third-order valence-electron chi connectivity index (χ3n) is 2.03. The highest BCUT2D eigenvalue weighted by Gasteiger charge is 2.48. The Kier molecular flexibility index (Phi) is 5.99. The molecule has 0 aliphatic heterocycles. The molecule has 1 aromatic rings. The molecule has 0 aromatic heterocycles. The van der Waals surface area contributed by atoms with E-state index >= 15 is 0 Å². The van der Waals surface area contributed by atoms with Gasteiger partial charge in [-0.15, -0.1) is 0 Å². The monoisotopic (exact) mass is 472 g/mol. The topological polar surface area (TPSA) is 52.6 Å². The summed E-state index contributed by atoms with van der Waals surface area (Å²) in [7, 11) is -4.58. The maximum absolute atomic E-state index is 12.4. The average molecular weight is 474 g/mol. The van der Waals surface area contributed by atoms with Crippen LogP contribution in [0.25, 0.3) is 6.08 Å². The van der Waals surface area contributed by atoms with Crippen LogP contribution in [0.4, 0.5) is 13.2 Å². The molecule has 0 radical (unpaired) electrons. The SMILES string of the molecule is COc1cc(OS(=O)(=O)C(F)(F)F)c(C=C(Br)Br)cc1Cl. The summed E-state index contributed by atoms with van der Waals surface area (Å²) in [6.07, 6.45) is 1.27. The molecule has 21 heavy (non-hydrogen) atoms. The first-order valence-corrected chi connectivity index (χ1v) is 8.26. The summed E-state index contributed by atoms with van der Waals surface area (Å²) < 4.78 is 68.5. The molecule has 0 amide bonds. The van der Waals surface area contributed by atoms with Crippen LogP contribution in [0.3, 0.4) is 0 Å². The van der Waals surface area contributed by atoms with E-state index in [1.54, 1.807) is 0 Å². The van der Waals surface area contributed by atoms with Crippen LogP contribution in [0, 0.1) is 0 Å². The van der Waals surface area contributed by atoms with E-state index in [2.05, 4.69) is 36.0 Å². The zero-order valence-corrected chi connectivity index (χ0v) is 14.8. The van der Waals surface area contributed by atoms with Crippen molar-refractivity contribution in [3.63, 3.8) is 0 Å². The van der Waals surface area contributed by atoms with Gasteiger partial charge in [0.15, 0.2) is 5.75 Å². The molecular formula is C10H6Br2ClF3O4S. The van der Waals surface area contributed by atoms with Gasteiger partial charge in [0, 0.05) is 11.6 Å². The van der Waals surface area contributed by atoms with Crippen molar-refractivity contribution in [2.24, 2.45) is 0 Å². The van der Waals surface area contributed by atoms with Crippen LogP contribution >= 0.6 is 43.5 Å². The molecule has 0 aliphatic rings. The zero-order chi connectivity index (χ0) is 16.4. The Balaban J connectivity index is 3.43. The van der Waals surface area contributed by atoms with E-state index in [1.807, 2.05) is 0 Å². The third kappa shape index (κ3) is 4.76. The maximum Gasteiger partial charge on any atom is 0.534 e. The second kappa shape index (κ2) is 6.76. The van der Waals surface area contributed by atoms with Crippen molar-refractivity contribution in [1.82, 2.24) is 0 Å². The largest absolute Gasteiger partial charge is 0.534 e. The summed E-state index contributed by atoms with van der Waals surface area (Å²) in [4.78, 5) is 0. The molecule has 0 unspecified atom stereocenters. The van der Waals surface area contributed by atoms with E-state index in [0.29, 0.717) is 3.39 Å². The molecule has 0 spiro atoms. The lowest BCUT2D eigenvalue weighted by Crippen LogP contribution is -2.28. The Bertz CT molecular complexity index is 670. The summed E-state index contributed by atoms with van der Waals surface area (Å²) >= 11 is 11.8. The van der Waals surface area contributed by atoms with Crippen molar-refractivity contribution in [3.8, 4) is 11.5 Å². The lowest BCUT2D eigenvalue weighted by molar-refractivity contribution is -0.0500. The molecule has 11 heteroatoms. The van der Waals surface area contributed by atoms with Crippen LogP contribution in [0.1, 0.15) is 5.56 Å². The van der Waals surface area contributed by atoms with E-state index in [-0.39, 0.29) is 16.3 Å². The van der Waals surface area contributed by atoms with Crippen molar-refractivity contribution in [2.45, 2.75) is 5.51 Å². The minimum absolute atomic E-state index is 0.00243. The standard InChI is InChI=1S/C10H6Br2ClF3O4S/c1-19-8-4-7(20-21(17,18)10(14,15)16)5(2-6(8)13)3-9(11)12/h2-4H,1H3. The van der Waals surface area contributed by atoms with Crippen molar-refractivity contribution in [2.75, 3.05) is 7.11 Å². The number of methoxy groups -OCH3 is 1. The van der Waals surface area contributed by atoms with Gasteiger partial charge in [-0.1, -0.05) is 11.6 Å². The number of halogens is 6. The van der Waals surface area contributed by atoms with Crippen LogP contribution in [0.2, 0.25) is 5.02 Å². The maximum atomic E-state index is 12.4. The molecule has 1 aromatic carbocycles. The van der Waals surface area contributed by atoms with Crippen LogP contribution in [0.5, 0.6) is 11.5 Å². The second-order valence-corrected chi connectivity index (χ2v) is 8.16. The first kappa shape index (κ1) is 18.6. The molecule has 0 saturated heterocycles. The number of ether oxygens (including phenoxy) is 1. The Morgan fingerprint density at radius 2 is 1.86 bits per heavy atom. The highest BCUT2D eigenvalue weighted by molar-refractivity contribution is 9.28. The van der Waals surface area contributed by atoms with Gasteiger partial charge in [-0.25, -0.2) is 0 Å². The summed E-state index contributed by atoms with van der Waals surface area (Å²) in [5.41, 5.74) is -5.55. The molecule has 0 heterocycles. The fourth-order valence-electron chi connectivity index (χ4n) is 1.17. The fourth-order valence-corrected chi connectivity index (χ4v) is 2.39. The van der Waals surface area contributed by atoms with Crippen molar-refractivity contribution in [1.29, 1.82) is 0 Å². The number of benzene rings is 1. The van der Waals surface area contributed by atoms with Gasteiger partial charge >= 0.3 is 15.6 Å². The van der Waals surface area contributed by atoms with Crippen LogP contribution < -0.4 is 8.92 Å². The zero-order valence-electron chi connectivity index (χ0n) is 10.0. The van der Waals surface area contributed by atoms with Crippen LogP contribution in [-0.4, -0.2) is 21.0 Å². The Labute approximate surface area is 140 Å². The van der Waals surface area contributed by atoms with Crippen molar-refractivity contribution < 1.29 is 30.5 Å². The van der Waals surface area contributed by atoms with Gasteiger partial charge in [-0.3, -0.25) is 0 Å². The number of hydrogen-bond donors (Lipinski definition) is 0. The minimum Gasteiger partial charge on any atom is -0.495 e. The van der Waals surface area contributed by atoms with Gasteiger partial charge in [-0.2, -0.15) is 21.6 Å². The summed E-state index contributed by atoms with van der Waals surface area (Å²) in [6, 6.07) is 2.14. The Hall–Kier alpha value is -0.450. The van der Waals surface area contributed by atoms with Crippen molar-refractivity contribution in [3.05, 3.63) is 26.1 Å². The number of rotatable bonds is 4. The molecular weight excluding hydrogens is 468 g/mol. The number of alkyl halides is 3. The van der Waals surface area contributed by atoms with Gasteiger partial charge in [0.2, 0.25) is 0 Å². The number of hydrogen-bond acceptors (Lipinski definition) is 4. The van der Waals surface area contributed by atoms with Crippen molar-refractivity contribution >= 4 is 59.7 Å². The predicted octanol–water partition coefficient (Wildman–Crippen LogP) is 4.67. The summed E-state index contributed by atoms with van der Waals surface area (Å²) in [5.74, 6) is -0.614. The molecule has 1 rings (SSSR count). The summed E-state index contributed by atoms with van der Waals surface area (Å²) in [5, 5.41) is 0.0711. The molecule has 0 fully saturated rings. The molecule has 0 bridgehead atoms. The lowest BCUT2D eigenvalue weighted by Gasteiger charge is -2.13. The first-order chi connectivity index (χ1) is 9.48. The predicted molar refractivity (Wildman–Crippen MR) is 79.4 cm³/mol. The van der Waals surface area contributed by atoms with E-state index < -0.39 is 21.4 Å². The van der Waals surface area contributed by atoms with E-state index in [4.69, 9.17) is 16.3 Å². The Morgan fingerprint density at radius 3 is 2.29 bits per heavy atom. The molecule has 0 atom stereocenters. The van der Waals surface area contributed by atoms with Gasteiger partial charge in [0.1, 0.15) is 5.75 Å².